The first-order valence-electron chi connectivity index (χ1n) is 4.32. The van der Waals surface area contributed by atoms with Crippen molar-refractivity contribution in [2.75, 3.05) is 12.4 Å². The predicted octanol–water partition coefficient (Wildman–Crippen LogP) is 1.73. The van der Waals surface area contributed by atoms with E-state index in [2.05, 4.69) is 26.0 Å². The second-order valence-corrected chi connectivity index (χ2v) is 4.11. The number of methoxy groups -OCH3 is 1. The van der Waals surface area contributed by atoms with Crippen LogP contribution in [0.2, 0.25) is 0 Å². The molecule has 5 heteroatoms. The fourth-order valence-corrected chi connectivity index (χ4v) is 2.04. The Kier molecular flexibility index (Phi) is 2.48. The highest BCUT2D eigenvalue weighted by Crippen LogP contribution is 2.30. The van der Waals surface area contributed by atoms with Crippen molar-refractivity contribution in [3.8, 4) is 0 Å². The SMILES string of the molecule is COC(=O)c1cc(Br)cc2c1CC(=O)N2. The molecule has 1 aromatic carbocycles. The molecule has 0 saturated heterocycles. The van der Waals surface area contributed by atoms with Crippen molar-refractivity contribution in [2.45, 2.75) is 6.42 Å². The number of amides is 1. The lowest BCUT2D eigenvalue weighted by Crippen LogP contribution is -2.06. The van der Waals surface area contributed by atoms with E-state index in [1.807, 2.05) is 0 Å². The van der Waals surface area contributed by atoms with Crippen LogP contribution in [0.25, 0.3) is 0 Å². The van der Waals surface area contributed by atoms with E-state index in [1.165, 1.54) is 7.11 Å². The summed E-state index contributed by atoms with van der Waals surface area (Å²) >= 11 is 3.27. The number of hydrogen-bond acceptors (Lipinski definition) is 3. The number of carbonyl (C=O) groups excluding carboxylic acids is 2. The van der Waals surface area contributed by atoms with Crippen LogP contribution < -0.4 is 5.32 Å². The molecule has 0 saturated carbocycles. The highest BCUT2D eigenvalue weighted by Gasteiger charge is 2.24. The zero-order valence-electron chi connectivity index (χ0n) is 7.96. The van der Waals surface area contributed by atoms with Crippen molar-refractivity contribution < 1.29 is 14.3 Å². The maximum absolute atomic E-state index is 11.4. The molecule has 0 radical (unpaired) electrons. The number of ether oxygens (including phenoxy) is 1. The number of carbonyl (C=O) groups is 2. The third-order valence-electron chi connectivity index (χ3n) is 2.23. The molecular weight excluding hydrogens is 262 g/mol. The molecule has 1 aromatic rings. The van der Waals surface area contributed by atoms with Gasteiger partial charge in [-0.05, 0) is 17.7 Å². The molecular formula is C10H8BrNO3. The summed E-state index contributed by atoms with van der Waals surface area (Å²) in [4.78, 5) is 22.6. The minimum atomic E-state index is -0.427. The second kappa shape index (κ2) is 3.66. The first-order valence-corrected chi connectivity index (χ1v) is 5.11. The molecule has 1 amide bonds. The summed E-state index contributed by atoms with van der Waals surface area (Å²) in [5.74, 6) is -0.530. The fraction of sp³-hybridized carbons (Fsp3) is 0.200. The van der Waals surface area contributed by atoms with Gasteiger partial charge in [-0.3, -0.25) is 4.79 Å². The minimum absolute atomic E-state index is 0.103. The van der Waals surface area contributed by atoms with Gasteiger partial charge in [-0.1, -0.05) is 15.9 Å². The number of nitrogens with one attached hydrogen (secondary N) is 1. The number of fused-ring (bicyclic) bond motifs is 1. The molecule has 78 valence electrons. The van der Waals surface area contributed by atoms with Crippen molar-refractivity contribution in [1.29, 1.82) is 0 Å². The Bertz CT molecular complexity index is 456. The third-order valence-corrected chi connectivity index (χ3v) is 2.69. The first kappa shape index (κ1) is 10.2. The molecule has 1 aliphatic rings. The van der Waals surface area contributed by atoms with Crippen molar-refractivity contribution in [3.63, 3.8) is 0 Å². The van der Waals surface area contributed by atoms with E-state index >= 15 is 0 Å². The van der Waals surface area contributed by atoms with Crippen LogP contribution in [-0.4, -0.2) is 19.0 Å². The lowest BCUT2D eigenvalue weighted by Gasteiger charge is -2.06. The van der Waals surface area contributed by atoms with Gasteiger partial charge in [0, 0.05) is 10.2 Å². The Morgan fingerprint density at radius 3 is 2.93 bits per heavy atom. The highest BCUT2D eigenvalue weighted by molar-refractivity contribution is 9.10. The Balaban J connectivity index is 2.56. The summed E-state index contributed by atoms with van der Waals surface area (Å²) in [5, 5.41) is 2.68. The van der Waals surface area contributed by atoms with Gasteiger partial charge in [0.2, 0.25) is 5.91 Å². The van der Waals surface area contributed by atoms with E-state index in [1.54, 1.807) is 12.1 Å². The van der Waals surface area contributed by atoms with Crippen LogP contribution in [0.4, 0.5) is 5.69 Å². The molecule has 0 fully saturated rings. The highest BCUT2D eigenvalue weighted by atomic mass is 79.9. The molecule has 0 bridgehead atoms. The predicted molar refractivity (Wildman–Crippen MR) is 57.8 cm³/mol. The van der Waals surface area contributed by atoms with Gasteiger partial charge in [0.15, 0.2) is 0 Å². The van der Waals surface area contributed by atoms with Crippen molar-refractivity contribution in [2.24, 2.45) is 0 Å². The third kappa shape index (κ3) is 1.74. The van der Waals surface area contributed by atoms with Crippen LogP contribution >= 0.6 is 15.9 Å². The topological polar surface area (TPSA) is 55.4 Å². The largest absolute Gasteiger partial charge is 0.465 e. The Labute approximate surface area is 94.7 Å². The zero-order chi connectivity index (χ0) is 11.0. The molecule has 1 N–H and O–H groups in total. The summed E-state index contributed by atoms with van der Waals surface area (Å²) in [6.07, 6.45) is 0.229. The zero-order valence-corrected chi connectivity index (χ0v) is 9.55. The molecule has 1 heterocycles. The van der Waals surface area contributed by atoms with Crippen LogP contribution in [0.1, 0.15) is 15.9 Å². The molecule has 4 nitrogen and oxygen atoms in total. The molecule has 1 aliphatic heterocycles. The Hall–Kier alpha value is -1.36. The number of halogens is 1. The molecule has 0 spiro atoms. The van der Waals surface area contributed by atoms with Crippen LogP contribution in [0, 0.1) is 0 Å². The van der Waals surface area contributed by atoms with E-state index in [-0.39, 0.29) is 12.3 Å². The van der Waals surface area contributed by atoms with Gasteiger partial charge in [-0.15, -0.1) is 0 Å². The maximum atomic E-state index is 11.4. The average Bonchev–Trinajstić information content (AvgIpc) is 2.55. The Morgan fingerprint density at radius 1 is 1.53 bits per heavy atom. The van der Waals surface area contributed by atoms with E-state index < -0.39 is 5.97 Å². The number of hydrogen-bond donors (Lipinski definition) is 1. The van der Waals surface area contributed by atoms with Gasteiger partial charge in [0.25, 0.3) is 0 Å². The average molecular weight is 270 g/mol. The molecule has 0 atom stereocenters. The van der Waals surface area contributed by atoms with Gasteiger partial charge in [0.1, 0.15) is 0 Å². The van der Waals surface area contributed by atoms with E-state index in [9.17, 15) is 9.59 Å². The minimum Gasteiger partial charge on any atom is -0.465 e. The van der Waals surface area contributed by atoms with E-state index in [0.29, 0.717) is 16.8 Å². The van der Waals surface area contributed by atoms with Crippen molar-refractivity contribution in [1.82, 2.24) is 0 Å². The van der Waals surface area contributed by atoms with Gasteiger partial charge in [0.05, 0.1) is 19.1 Å². The van der Waals surface area contributed by atoms with Crippen molar-refractivity contribution >= 4 is 33.5 Å². The summed E-state index contributed by atoms with van der Waals surface area (Å²) < 4.78 is 5.39. The fourth-order valence-electron chi connectivity index (χ4n) is 1.59. The van der Waals surface area contributed by atoms with E-state index in [0.717, 1.165) is 4.47 Å². The smallest absolute Gasteiger partial charge is 0.338 e. The molecule has 0 aromatic heterocycles. The standard InChI is InChI=1S/C10H8BrNO3/c1-15-10(14)7-2-5(11)3-8-6(7)4-9(13)12-8/h2-3H,4H2,1H3,(H,12,13). The Morgan fingerprint density at radius 2 is 2.27 bits per heavy atom. The van der Waals surface area contributed by atoms with Gasteiger partial charge in [-0.2, -0.15) is 0 Å². The van der Waals surface area contributed by atoms with Crippen LogP contribution in [0.5, 0.6) is 0 Å². The van der Waals surface area contributed by atoms with Gasteiger partial charge >= 0.3 is 5.97 Å². The summed E-state index contributed by atoms with van der Waals surface area (Å²) in [7, 11) is 1.32. The molecule has 0 unspecified atom stereocenters. The van der Waals surface area contributed by atoms with Crippen LogP contribution in [0.15, 0.2) is 16.6 Å². The van der Waals surface area contributed by atoms with E-state index in [4.69, 9.17) is 0 Å². The summed E-state index contributed by atoms with van der Waals surface area (Å²) in [6, 6.07) is 3.43. The molecule has 15 heavy (non-hydrogen) atoms. The lowest BCUT2D eigenvalue weighted by atomic mass is 10.1. The second-order valence-electron chi connectivity index (χ2n) is 3.20. The maximum Gasteiger partial charge on any atom is 0.338 e. The lowest BCUT2D eigenvalue weighted by molar-refractivity contribution is -0.115. The quantitative estimate of drug-likeness (QED) is 0.790. The van der Waals surface area contributed by atoms with Gasteiger partial charge < -0.3 is 10.1 Å². The normalized spacial score (nSPS) is 13.3. The van der Waals surface area contributed by atoms with Gasteiger partial charge in [-0.25, -0.2) is 4.79 Å². The first-order chi connectivity index (χ1) is 7.11. The number of rotatable bonds is 1. The summed E-state index contributed by atoms with van der Waals surface area (Å²) in [6.45, 7) is 0. The molecule has 0 aliphatic carbocycles. The summed E-state index contributed by atoms with van der Waals surface area (Å²) in [5.41, 5.74) is 1.81. The van der Waals surface area contributed by atoms with Crippen LogP contribution in [-0.2, 0) is 16.0 Å². The number of esters is 1. The molecule has 2 rings (SSSR count). The van der Waals surface area contributed by atoms with Crippen molar-refractivity contribution in [3.05, 3.63) is 27.7 Å². The number of benzene rings is 1. The number of anilines is 1. The monoisotopic (exact) mass is 269 g/mol. The van der Waals surface area contributed by atoms with Crippen LogP contribution in [0.3, 0.4) is 0 Å².